The van der Waals surface area contributed by atoms with Crippen LogP contribution in [-0.4, -0.2) is 37.9 Å². The van der Waals surface area contributed by atoms with E-state index in [-0.39, 0.29) is 5.84 Å². The van der Waals surface area contributed by atoms with E-state index in [0.717, 1.165) is 5.56 Å². The normalized spacial score (nSPS) is 17.7. The predicted octanol–water partition coefficient (Wildman–Crippen LogP) is 1.01. The van der Waals surface area contributed by atoms with Crippen LogP contribution in [0.3, 0.4) is 0 Å². The quantitative estimate of drug-likeness (QED) is 0.332. The van der Waals surface area contributed by atoms with Crippen LogP contribution in [0.2, 0.25) is 0 Å². The number of hydrogen-bond donors (Lipinski definition) is 3. The summed E-state index contributed by atoms with van der Waals surface area (Å²) < 4.78 is 32.6. The van der Waals surface area contributed by atoms with Crippen molar-refractivity contribution in [3.8, 4) is 0 Å². The molecule has 0 amide bonds. The average molecular weight is 313 g/mol. The molecule has 1 aliphatic rings. The summed E-state index contributed by atoms with van der Waals surface area (Å²) in [4.78, 5) is 0. The summed E-state index contributed by atoms with van der Waals surface area (Å²) in [5, 5.41) is 11.3. The second-order valence-corrected chi connectivity index (χ2v) is 6.90. The third kappa shape index (κ3) is 3.45. The van der Waals surface area contributed by atoms with Gasteiger partial charge in [-0.3, -0.25) is 4.72 Å². The fourth-order valence-electron chi connectivity index (χ4n) is 2.37. The maximum Gasteiger partial charge on any atom is 0.235 e. The van der Waals surface area contributed by atoms with Crippen molar-refractivity contribution in [2.45, 2.75) is 25.0 Å². The molecule has 1 aromatic carbocycles. The lowest BCUT2D eigenvalue weighted by Crippen LogP contribution is -2.34. The zero-order chi connectivity index (χ0) is 15.5. The van der Waals surface area contributed by atoms with Gasteiger partial charge in [0.25, 0.3) is 0 Å². The first-order valence-corrected chi connectivity index (χ1v) is 8.17. The van der Waals surface area contributed by atoms with Crippen molar-refractivity contribution in [3.63, 3.8) is 0 Å². The van der Waals surface area contributed by atoms with Gasteiger partial charge in [-0.1, -0.05) is 17.3 Å². The van der Waals surface area contributed by atoms with Gasteiger partial charge in [0.15, 0.2) is 5.84 Å². The molecule has 0 atom stereocenters. The van der Waals surface area contributed by atoms with Gasteiger partial charge in [0.1, 0.15) is 0 Å². The van der Waals surface area contributed by atoms with Crippen LogP contribution in [0.1, 0.15) is 24.0 Å². The van der Waals surface area contributed by atoms with E-state index in [1.165, 1.54) is 0 Å². The van der Waals surface area contributed by atoms with E-state index in [2.05, 4.69) is 9.88 Å². The summed E-state index contributed by atoms with van der Waals surface area (Å²) in [6.45, 7) is 2.64. The predicted molar refractivity (Wildman–Crippen MR) is 80.1 cm³/mol. The summed E-state index contributed by atoms with van der Waals surface area (Å²) in [7, 11) is -3.54. The lowest BCUT2D eigenvalue weighted by atomic mass is 10.1. The van der Waals surface area contributed by atoms with Crippen LogP contribution in [0.5, 0.6) is 0 Å². The second kappa shape index (κ2) is 6.31. The molecular weight excluding hydrogens is 294 g/mol. The van der Waals surface area contributed by atoms with Crippen molar-refractivity contribution in [1.82, 2.24) is 0 Å². The molecule has 0 aromatic heterocycles. The maximum atomic E-state index is 12.4. The van der Waals surface area contributed by atoms with Crippen LogP contribution in [0.4, 0.5) is 5.69 Å². The highest BCUT2D eigenvalue weighted by Gasteiger charge is 2.28. The van der Waals surface area contributed by atoms with Crippen molar-refractivity contribution in [1.29, 1.82) is 0 Å². The molecule has 1 fully saturated rings. The molecule has 1 saturated heterocycles. The maximum absolute atomic E-state index is 12.4. The van der Waals surface area contributed by atoms with Crippen molar-refractivity contribution in [2.24, 2.45) is 10.9 Å². The van der Waals surface area contributed by atoms with Gasteiger partial charge in [0.2, 0.25) is 10.0 Å². The number of sulfonamides is 1. The van der Waals surface area contributed by atoms with Crippen molar-refractivity contribution in [3.05, 3.63) is 29.3 Å². The van der Waals surface area contributed by atoms with Crippen molar-refractivity contribution in [2.75, 3.05) is 17.9 Å². The molecular formula is C13H19N3O4S. The number of nitrogens with zero attached hydrogens (tertiary/aromatic N) is 1. The van der Waals surface area contributed by atoms with Gasteiger partial charge >= 0.3 is 0 Å². The third-order valence-electron chi connectivity index (χ3n) is 3.50. The molecule has 0 radical (unpaired) electrons. The molecule has 1 heterocycles. The van der Waals surface area contributed by atoms with E-state index in [4.69, 9.17) is 15.7 Å². The molecule has 4 N–H and O–H groups in total. The Morgan fingerprint density at radius 2 is 2.10 bits per heavy atom. The van der Waals surface area contributed by atoms with Crippen molar-refractivity contribution < 1.29 is 18.4 Å². The average Bonchev–Trinajstić information content (AvgIpc) is 2.47. The zero-order valence-corrected chi connectivity index (χ0v) is 12.6. The van der Waals surface area contributed by atoms with Crippen LogP contribution in [0.15, 0.2) is 23.4 Å². The Labute approximate surface area is 123 Å². The SMILES string of the molecule is Cc1cccc(NS(=O)(=O)C2CCOCC2)c1/C(N)=N/O. The van der Waals surface area contributed by atoms with E-state index in [0.29, 0.717) is 37.3 Å². The van der Waals surface area contributed by atoms with E-state index >= 15 is 0 Å². The number of nitrogens with two attached hydrogens (primary N) is 1. The van der Waals surface area contributed by atoms with Gasteiger partial charge in [-0.15, -0.1) is 0 Å². The fourth-order valence-corrected chi connectivity index (χ4v) is 3.82. The number of ether oxygens (including phenoxy) is 1. The van der Waals surface area contributed by atoms with Crippen LogP contribution in [-0.2, 0) is 14.8 Å². The Hall–Kier alpha value is -1.80. The number of aryl methyl sites for hydroxylation is 1. The largest absolute Gasteiger partial charge is 0.409 e. The highest BCUT2D eigenvalue weighted by atomic mass is 32.2. The molecule has 21 heavy (non-hydrogen) atoms. The summed E-state index contributed by atoms with van der Waals surface area (Å²) in [5.41, 5.74) is 7.06. The Kier molecular flexibility index (Phi) is 4.69. The monoisotopic (exact) mass is 313 g/mol. The minimum absolute atomic E-state index is 0.127. The number of benzene rings is 1. The molecule has 0 bridgehead atoms. The number of hydrogen-bond acceptors (Lipinski definition) is 5. The minimum atomic E-state index is -3.54. The first-order chi connectivity index (χ1) is 9.95. The molecule has 1 aromatic rings. The zero-order valence-electron chi connectivity index (χ0n) is 11.7. The topological polar surface area (TPSA) is 114 Å². The highest BCUT2D eigenvalue weighted by molar-refractivity contribution is 7.93. The summed E-state index contributed by atoms with van der Waals surface area (Å²) in [6.07, 6.45) is 0.917. The standard InChI is InChI=1S/C13H19N3O4S/c1-9-3-2-4-11(12(9)13(14)15-17)16-21(18,19)10-5-7-20-8-6-10/h2-4,10,16-17H,5-8H2,1H3,(H2,14,15). The Bertz CT molecular complexity index is 637. The second-order valence-electron chi connectivity index (χ2n) is 4.94. The summed E-state index contributed by atoms with van der Waals surface area (Å²) in [5.74, 6) is -0.127. The first-order valence-electron chi connectivity index (χ1n) is 6.62. The van der Waals surface area contributed by atoms with Gasteiger partial charge < -0.3 is 15.7 Å². The number of oxime groups is 1. The molecule has 7 nitrogen and oxygen atoms in total. The van der Waals surface area contributed by atoms with Gasteiger partial charge in [-0.25, -0.2) is 8.42 Å². The summed E-state index contributed by atoms with van der Waals surface area (Å²) >= 11 is 0. The third-order valence-corrected chi connectivity index (χ3v) is 5.35. The minimum Gasteiger partial charge on any atom is -0.409 e. The molecule has 0 saturated carbocycles. The van der Waals surface area contributed by atoms with Crippen LogP contribution in [0, 0.1) is 6.92 Å². The number of rotatable bonds is 4. The molecule has 8 heteroatoms. The fraction of sp³-hybridized carbons (Fsp3) is 0.462. The summed E-state index contributed by atoms with van der Waals surface area (Å²) in [6, 6.07) is 5.07. The Morgan fingerprint density at radius 1 is 1.43 bits per heavy atom. The van der Waals surface area contributed by atoms with Crippen LogP contribution in [0.25, 0.3) is 0 Å². The van der Waals surface area contributed by atoms with E-state index < -0.39 is 15.3 Å². The number of nitrogens with one attached hydrogen (secondary N) is 1. The van der Waals surface area contributed by atoms with Crippen molar-refractivity contribution >= 4 is 21.5 Å². The molecule has 0 unspecified atom stereocenters. The van der Waals surface area contributed by atoms with Gasteiger partial charge in [0, 0.05) is 18.8 Å². The Balaban J connectivity index is 2.33. The lowest BCUT2D eigenvalue weighted by Gasteiger charge is -2.23. The van der Waals surface area contributed by atoms with Gasteiger partial charge in [0.05, 0.1) is 10.9 Å². The molecule has 116 valence electrons. The smallest absolute Gasteiger partial charge is 0.235 e. The number of amidine groups is 1. The molecule has 0 spiro atoms. The van der Waals surface area contributed by atoms with E-state index in [1.54, 1.807) is 25.1 Å². The van der Waals surface area contributed by atoms with Gasteiger partial charge in [-0.2, -0.15) is 0 Å². The van der Waals surface area contributed by atoms with Gasteiger partial charge in [-0.05, 0) is 31.4 Å². The Morgan fingerprint density at radius 3 is 2.71 bits per heavy atom. The molecule has 2 rings (SSSR count). The first kappa shape index (κ1) is 15.6. The molecule has 0 aliphatic carbocycles. The van der Waals surface area contributed by atoms with E-state index in [1.807, 2.05) is 0 Å². The lowest BCUT2D eigenvalue weighted by molar-refractivity contribution is 0.0984. The molecule has 1 aliphatic heterocycles. The van der Waals surface area contributed by atoms with Crippen LogP contribution >= 0.6 is 0 Å². The number of anilines is 1. The van der Waals surface area contributed by atoms with E-state index in [9.17, 15) is 8.42 Å². The van der Waals surface area contributed by atoms with Crippen LogP contribution < -0.4 is 10.5 Å². The highest BCUT2D eigenvalue weighted by Crippen LogP contribution is 2.24.